The average Bonchev–Trinajstić information content (AvgIpc) is 3.18. The number of rotatable bonds is 6. The Labute approximate surface area is 155 Å². The summed E-state index contributed by atoms with van der Waals surface area (Å²) in [5.74, 6) is -0.616. The molecule has 0 saturated carbocycles. The van der Waals surface area contributed by atoms with E-state index in [2.05, 4.69) is 27.6 Å². The number of nitro groups is 1. The molecule has 0 saturated heterocycles. The normalized spacial score (nSPS) is 10.8. The van der Waals surface area contributed by atoms with Crippen molar-refractivity contribution in [2.24, 2.45) is 0 Å². The largest absolute Gasteiger partial charge is 0.389 e. The monoisotopic (exact) mass is 368 g/mol. The number of aryl methyl sites for hydroxylation is 2. The van der Waals surface area contributed by atoms with Gasteiger partial charge in [-0.15, -0.1) is 0 Å². The number of nitrogens with one attached hydrogen (secondary N) is 1. The van der Waals surface area contributed by atoms with Crippen LogP contribution in [0.15, 0.2) is 36.5 Å². The number of amides is 1. The van der Waals surface area contributed by atoms with Crippen LogP contribution in [0.1, 0.15) is 22.5 Å². The van der Waals surface area contributed by atoms with E-state index in [0.29, 0.717) is 17.9 Å². The van der Waals surface area contributed by atoms with E-state index < -0.39 is 4.92 Å². The first-order valence-electron chi connectivity index (χ1n) is 8.40. The van der Waals surface area contributed by atoms with Gasteiger partial charge in [-0.2, -0.15) is 9.78 Å². The van der Waals surface area contributed by atoms with E-state index in [1.54, 1.807) is 0 Å². The van der Waals surface area contributed by atoms with E-state index in [4.69, 9.17) is 0 Å². The zero-order chi connectivity index (χ0) is 19.6. The number of nitrogens with zero attached hydrogens (tertiary/aromatic N) is 5. The summed E-state index contributed by atoms with van der Waals surface area (Å²) in [5.41, 5.74) is 4.51. The molecule has 9 heteroatoms. The van der Waals surface area contributed by atoms with E-state index in [9.17, 15) is 14.9 Å². The van der Waals surface area contributed by atoms with E-state index in [1.807, 2.05) is 37.6 Å². The molecule has 1 aromatic carbocycles. The minimum atomic E-state index is -0.599. The van der Waals surface area contributed by atoms with Crippen molar-refractivity contribution in [3.05, 3.63) is 69.2 Å². The highest BCUT2D eigenvalue weighted by molar-refractivity contribution is 5.91. The number of carbonyl (C=O) groups is 1. The van der Waals surface area contributed by atoms with E-state index in [1.165, 1.54) is 22.5 Å². The van der Waals surface area contributed by atoms with Gasteiger partial charge in [0.2, 0.25) is 5.91 Å². The SMILES string of the molecule is Cc1ccc(Cn2nc(C)c(NC(=O)Cn3ccc([N+](=O)[O-])n3)c2C)cc1. The lowest BCUT2D eigenvalue weighted by Gasteiger charge is -2.07. The predicted octanol–water partition coefficient (Wildman–Crippen LogP) is 2.60. The lowest BCUT2D eigenvalue weighted by molar-refractivity contribution is -0.389. The molecular formula is C18H20N6O3. The quantitative estimate of drug-likeness (QED) is 0.531. The molecule has 3 aromatic rings. The zero-order valence-corrected chi connectivity index (χ0v) is 15.3. The summed E-state index contributed by atoms with van der Waals surface area (Å²) in [6, 6.07) is 9.45. The van der Waals surface area contributed by atoms with Gasteiger partial charge >= 0.3 is 5.82 Å². The van der Waals surface area contributed by atoms with Crippen LogP contribution in [-0.2, 0) is 17.9 Å². The minimum absolute atomic E-state index is 0.115. The molecule has 2 aromatic heterocycles. The summed E-state index contributed by atoms with van der Waals surface area (Å²) >= 11 is 0. The van der Waals surface area contributed by atoms with Gasteiger partial charge in [0, 0.05) is 0 Å². The molecule has 27 heavy (non-hydrogen) atoms. The summed E-state index contributed by atoms with van der Waals surface area (Å²) in [5, 5.41) is 21.7. The second-order valence-corrected chi connectivity index (χ2v) is 6.37. The van der Waals surface area contributed by atoms with Gasteiger partial charge in [-0.1, -0.05) is 29.8 Å². The van der Waals surface area contributed by atoms with Gasteiger partial charge in [0.15, 0.2) is 0 Å². The Bertz CT molecular complexity index is 987. The third kappa shape index (κ3) is 4.20. The molecule has 0 atom stereocenters. The van der Waals surface area contributed by atoms with Gasteiger partial charge in [-0.3, -0.25) is 9.48 Å². The van der Waals surface area contributed by atoms with Crippen LogP contribution in [0.2, 0.25) is 0 Å². The third-order valence-corrected chi connectivity index (χ3v) is 4.22. The third-order valence-electron chi connectivity index (χ3n) is 4.22. The average molecular weight is 368 g/mol. The summed E-state index contributed by atoms with van der Waals surface area (Å²) in [7, 11) is 0. The summed E-state index contributed by atoms with van der Waals surface area (Å²) in [6.45, 7) is 6.24. The maximum absolute atomic E-state index is 12.3. The predicted molar refractivity (Wildman–Crippen MR) is 99.5 cm³/mol. The van der Waals surface area contributed by atoms with Crippen LogP contribution in [0, 0.1) is 30.9 Å². The number of aromatic nitrogens is 4. The molecule has 140 valence electrons. The first-order valence-corrected chi connectivity index (χ1v) is 8.40. The molecule has 0 spiro atoms. The summed E-state index contributed by atoms with van der Waals surface area (Å²) in [6.07, 6.45) is 1.40. The van der Waals surface area contributed by atoms with Gasteiger partial charge in [0.25, 0.3) is 0 Å². The second kappa shape index (κ2) is 7.40. The molecule has 0 unspecified atom stereocenters. The van der Waals surface area contributed by atoms with Crippen molar-refractivity contribution in [3.8, 4) is 0 Å². The first-order chi connectivity index (χ1) is 12.8. The van der Waals surface area contributed by atoms with Crippen LogP contribution < -0.4 is 5.32 Å². The van der Waals surface area contributed by atoms with Gasteiger partial charge in [-0.05, 0) is 31.3 Å². The van der Waals surface area contributed by atoms with E-state index in [-0.39, 0.29) is 18.3 Å². The van der Waals surface area contributed by atoms with Crippen molar-refractivity contribution < 1.29 is 9.72 Å². The highest BCUT2D eigenvalue weighted by Gasteiger charge is 2.17. The smallest absolute Gasteiger partial charge is 0.358 e. The molecule has 0 fully saturated rings. The molecule has 0 aliphatic heterocycles. The molecule has 0 aliphatic rings. The number of carbonyl (C=O) groups excluding carboxylic acids is 1. The summed E-state index contributed by atoms with van der Waals surface area (Å²) in [4.78, 5) is 22.4. The topological polar surface area (TPSA) is 108 Å². The molecule has 3 rings (SSSR count). The van der Waals surface area contributed by atoms with E-state index in [0.717, 1.165) is 11.3 Å². The molecule has 1 N–H and O–H groups in total. The van der Waals surface area contributed by atoms with Crippen LogP contribution in [0.5, 0.6) is 0 Å². The highest BCUT2D eigenvalue weighted by Crippen LogP contribution is 2.20. The molecule has 1 amide bonds. The fourth-order valence-corrected chi connectivity index (χ4v) is 2.76. The first kappa shape index (κ1) is 18.3. The zero-order valence-electron chi connectivity index (χ0n) is 15.3. The fourth-order valence-electron chi connectivity index (χ4n) is 2.76. The van der Waals surface area contributed by atoms with Gasteiger partial charge < -0.3 is 15.4 Å². The highest BCUT2D eigenvalue weighted by atomic mass is 16.6. The van der Waals surface area contributed by atoms with Crippen molar-refractivity contribution in [3.63, 3.8) is 0 Å². The van der Waals surface area contributed by atoms with Crippen LogP contribution in [-0.4, -0.2) is 30.4 Å². The Balaban J connectivity index is 1.70. The fraction of sp³-hybridized carbons (Fsp3) is 0.278. The molecule has 2 heterocycles. The van der Waals surface area contributed by atoms with Crippen molar-refractivity contribution in [1.29, 1.82) is 0 Å². The molecule has 9 nitrogen and oxygen atoms in total. The molecule has 0 bridgehead atoms. The molecule has 0 radical (unpaired) electrons. The van der Waals surface area contributed by atoms with Crippen LogP contribution >= 0.6 is 0 Å². The van der Waals surface area contributed by atoms with Gasteiger partial charge in [-0.25, -0.2) is 0 Å². The molecular weight excluding hydrogens is 348 g/mol. The summed E-state index contributed by atoms with van der Waals surface area (Å²) < 4.78 is 3.07. The Kier molecular flexibility index (Phi) is 5.02. The second-order valence-electron chi connectivity index (χ2n) is 6.37. The standard InChI is InChI=1S/C18H20N6O3/c1-12-4-6-15(7-5-12)10-23-14(3)18(13(2)20-23)19-17(25)11-22-9-8-16(21-22)24(26)27/h4-9H,10-11H2,1-3H3,(H,19,25). The maximum Gasteiger partial charge on any atom is 0.389 e. The Morgan fingerprint density at radius 1 is 1.15 bits per heavy atom. The van der Waals surface area contributed by atoms with Gasteiger partial charge in [0.1, 0.15) is 6.54 Å². The number of benzene rings is 1. The van der Waals surface area contributed by atoms with Crippen LogP contribution in [0.4, 0.5) is 11.5 Å². The lowest BCUT2D eigenvalue weighted by Crippen LogP contribution is -2.20. The molecule has 0 aliphatic carbocycles. The Morgan fingerprint density at radius 2 is 1.85 bits per heavy atom. The maximum atomic E-state index is 12.3. The lowest BCUT2D eigenvalue weighted by atomic mass is 10.1. The van der Waals surface area contributed by atoms with Crippen molar-refractivity contribution in [2.75, 3.05) is 5.32 Å². The Morgan fingerprint density at radius 3 is 2.48 bits per heavy atom. The van der Waals surface area contributed by atoms with E-state index >= 15 is 0 Å². The Hall–Kier alpha value is -3.49. The number of hydrogen-bond acceptors (Lipinski definition) is 5. The number of anilines is 1. The van der Waals surface area contributed by atoms with Crippen molar-refractivity contribution in [1.82, 2.24) is 19.6 Å². The van der Waals surface area contributed by atoms with Crippen molar-refractivity contribution >= 4 is 17.4 Å². The minimum Gasteiger partial charge on any atom is -0.358 e. The van der Waals surface area contributed by atoms with Crippen molar-refractivity contribution in [2.45, 2.75) is 33.9 Å². The van der Waals surface area contributed by atoms with Gasteiger partial charge in [0.05, 0.1) is 41.0 Å². The number of hydrogen-bond donors (Lipinski definition) is 1. The van der Waals surface area contributed by atoms with Crippen LogP contribution in [0.25, 0.3) is 0 Å². The van der Waals surface area contributed by atoms with Crippen LogP contribution in [0.3, 0.4) is 0 Å².